The van der Waals surface area contributed by atoms with Gasteiger partial charge in [0.15, 0.2) is 0 Å². The SMILES string of the molecule is O=C(OC(C(F)(F)F)C(F)(F)F)N1CCC2(CCN(Cc3ccc(Cl)c(N4CCOCC4)c3)C2)CC1.O=C(OC(C(F)(F)F)C(F)(F)F)N1CCC2(CCNC2)CC1.O=Cc1ccc(Cl)c(N2CCOCC2)c1. The summed E-state index contributed by atoms with van der Waals surface area (Å²) in [6, 6.07) is 11.2. The van der Waals surface area contributed by atoms with Crippen LogP contribution in [-0.4, -0.2) is 175 Å². The minimum Gasteiger partial charge on any atom is -0.426 e. The monoisotopic (exact) mass is 1100 g/mol. The Morgan fingerprint density at radius 1 is 0.603 bits per heavy atom. The van der Waals surface area contributed by atoms with E-state index in [1.54, 1.807) is 12.1 Å². The summed E-state index contributed by atoms with van der Waals surface area (Å²) in [4.78, 5) is 42.8. The van der Waals surface area contributed by atoms with Crippen LogP contribution in [0.2, 0.25) is 10.0 Å². The summed E-state index contributed by atoms with van der Waals surface area (Å²) in [6.07, 6.45) is -29.6. The second kappa shape index (κ2) is 24.2. The number of aldehydes is 1. The average molecular weight is 1100 g/mol. The molecule has 13 nitrogen and oxygen atoms in total. The molecule has 1 N–H and O–H groups in total. The van der Waals surface area contributed by atoms with E-state index < -0.39 is 49.1 Å². The number of halogens is 14. The van der Waals surface area contributed by atoms with Crippen LogP contribution in [0.1, 0.15) is 54.4 Å². The van der Waals surface area contributed by atoms with E-state index in [-0.39, 0.29) is 37.0 Å². The highest BCUT2D eigenvalue weighted by Crippen LogP contribution is 2.43. The fourth-order valence-corrected chi connectivity index (χ4v) is 10.2. The summed E-state index contributed by atoms with van der Waals surface area (Å²) in [7, 11) is 0. The van der Waals surface area contributed by atoms with Gasteiger partial charge in [0.1, 0.15) is 6.29 Å². The summed E-state index contributed by atoms with van der Waals surface area (Å²) >= 11 is 12.5. The Labute approximate surface area is 423 Å². The number of rotatable bonds is 7. The molecule has 0 saturated carbocycles. The number of benzene rings is 2. The lowest BCUT2D eigenvalue weighted by atomic mass is 9.78. The van der Waals surface area contributed by atoms with Gasteiger partial charge in [0.25, 0.3) is 12.2 Å². The number of hydrogen-bond acceptors (Lipinski definition) is 11. The number of piperidine rings is 2. The number of ether oxygens (including phenoxy) is 4. The van der Waals surface area contributed by atoms with Crippen LogP contribution in [0.25, 0.3) is 0 Å². The van der Waals surface area contributed by atoms with Crippen molar-refractivity contribution in [2.24, 2.45) is 10.8 Å². The normalized spacial score (nSPS) is 20.7. The standard InChI is InChI=1S/C23H28ClF6N3O3.C12H16F6N2O2.C11H12ClNO2/c24-17-2-1-16(13-18(17)32-9-11-35-12-10-32)14-31-6-3-21(15-31)4-7-33(8-5-21)20(34)36-19(22(25,26)27)23(28,29)30;13-11(14,15)8(12(16,17)18)22-9(21)20-5-2-10(3-6-20)1-4-19-7-10;12-10-2-1-9(8-14)7-11(10)13-3-5-15-6-4-13/h1-2,13,19H,3-12,14-15H2;8,19H,1-7H2;1-2,7-8H,3-6H2. The first-order chi connectivity index (χ1) is 34.2. The quantitative estimate of drug-likeness (QED) is 0.211. The van der Waals surface area contributed by atoms with Gasteiger partial charge in [-0.25, -0.2) is 9.59 Å². The minimum atomic E-state index is -5.72. The Balaban J connectivity index is 0.000000198. The van der Waals surface area contributed by atoms with Crippen molar-refractivity contribution in [2.75, 3.05) is 115 Å². The van der Waals surface area contributed by atoms with Gasteiger partial charge >= 0.3 is 36.9 Å². The molecule has 0 aromatic heterocycles. The number of alkyl halides is 12. The van der Waals surface area contributed by atoms with Gasteiger partial charge in [-0.15, -0.1) is 0 Å². The number of anilines is 2. The van der Waals surface area contributed by atoms with Crippen LogP contribution in [0.5, 0.6) is 0 Å². The van der Waals surface area contributed by atoms with E-state index in [1.165, 1.54) is 0 Å². The molecular weight excluding hydrogens is 1050 g/mol. The molecule has 2 spiro atoms. The van der Waals surface area contributed by atoms with E-state index in [0.717, 1.165) is 98.2 Å². The van der Waals surface area contributed by atoms with Crippen molar-refractivity contribution in [1.82, 2.24) is 20.0 Å². The third kappa shape index (κ3) is 15.9. The van der Waals surface area contributed by atoms with Crippen molar-refractivity contribution in [2.45, 2.75) is 82.0 Å². The Bertz CT molecular complexity index is 2130. The Morgan fingerprint density at radius 2 is 1.03 bits per heavy atom. The molecule has 0 radical (unpaired) electrons. The maximum Gasteiger partial charge on any atom is 0.434 e. The molecule has 2 aromatic carbocycles. The minimum absolute atomic E-state index is 0.00969. The fourth-order valence-electron chi connectivity index (χ4n) is 9.72. The summed E-state index contributed by atoms with van der Waals surface area (Å²) < 4.78 is 169. The van der Waals surface area contributed by atoms with Crippen LogP contribution in [-0.2, 0) is 25.5 Å². The van der Waals surface area contributed by atoms with Crippen LogP contribution < -0.4 is 15.1 Å². The van der Waals surface area contributed by atoms with Gasteiger partial charge in [0.2, 0.25) is 0 Å². The van der Waals surface area contributed by atoms with Crippen LogP contribution in [0.15, 0.2) is 36.4 Å². The van der Waals surface area contributed by atoms with Crippen molar-refractivity contribution in [3.8, 4) is 0 Å². The van der Waals surface area contributed by atoms with E-state index in [4.69, 9.17) is 32.7 Å². The molecule has 6 aliphatic rings. The van der Waals surface area contributed by atoms with E-state index in [9.17, 15) is 67.1 Å². The summed E-state index contributed by atoms with van der Waals surface area (Å²) in [5.74, 6) is 0. The first kappa shape index (κ1) is 58.1. The lowest BCUT2D eigenvalue weighted by molar-refractivity contribution is -0.309. The molecule has 0 bridgehead atoms. The van der Waals surface area contributed by atoms with E-state index in [0.29, 0.717) is 74.3 Å². The molecule has 27 heteroatoms. The van der Waals surface area contributed by atoms with Crippen LogP contribution >= 0.6 is 23.2 Å². The molecule has 0 unspecified atom stereocenters. The summed E-state index contributed by atoms with van der Waals surface area (Å²) in [5, 5.41) is 4.53. The number of morpholine rings is 2. The van der Waals surface area contributed by atoms with Crippen molar-refractivity contribution in [1.29, 1.82) is 0 Å². The molecule has 2 amide bonds. The van der Waals surface area contributed by atoms with Gasteiger partial charge in [-0.05, 0) is 92.3 Å². The second-order valence-electron chi connectivity index (χ2n) is 18.9. The zero-order valence-electron chi connectivity index (χ0n) is 39.3. The molecule has 0 aliphatic carbocycles. The van der Waals surface area contributed by atoms with Crippen LogP contribution in [0.4, 0.5) is 73.6 Å². The zero-order valence-corrected chi connectivity index (χ0v) is 40.9. The molecule has 2 aromatic rings. The largest absolute Gasteiger partial charge is 0.434 e. The van der Waals surface area contributed by atoms with Gasteiger partial charge in [0, 0.05) is 77.6 Å². The van der Waals surface area contributed by atoms with Gasteiger partial charge < -0.3 is 43.9 Å². The zero-order chi connectivity index (χ0) is 53.4. The maximum absolute atomic E-state index is 12.7. The molecule has 6 aliphatic heterocycles. The smallest absolute Gasteiger partial charge is 0.426 e. The van der Waals surface area contributed by atoms with Crippen LogP contribution in [0, 0.1) is 10.8 Å². The van der Waals surface area contributed by atoms with Crippen molar-refractivity contribution >= 4 is 53.0 Å². The highest BCUT2D eigenvalue weighted by Gasteiger charge is 2.61. The lowest BCUT2D eigenvalue weighted by Crippen LogP contribution is -2.50. The van der Waals surface area contributed by atoms with E-state index in [2.05, 4.69) is 35.6 Å². The number of amides is 2. The summed E-state index contributed by atoms with van der Waals surface area (Å²) in [5.41, 5.74) is 3.50. The Morgan fingerprint density at radius 3 is 1.45 bits per heavy atom. The number of nitrogens with one attached hydrogen (secondary N) is 1. The Kier molecular flexibility index (Phi) is 19.3. The van der Waals surface area contributed by atoms with Gasteiger partial charge in [-0.3, -0.25) is 9.69 Å². The van der Waals surface area contributed by atoms with Crippen LogP contribution in [0.3, 0.4) is 0 Å². The predicted molar refractivity (Wildman–Crippen MR) is 243 cm³/mol. The number of carbonyl (C=O) groups is 3. The summed E-state index contributed by atoms with van der Waals surface area (Å²) in [6.45, 7) is 10.0. The lowest BCUT2D eigenvalue weighted by Gasteiger charge is -2.39. The molecule has 73 heavy (non-hydrogen) atoms. The maximum atomic E-state index is 12.7. The molecule has 6 saturated heterocycles. The number of hydrogen-bond donors (Lipinski definition) is 1. The number of likely N-dealkylation sites (tertiary alicyclic amines) is 3. The van der Waals surface area contributed by atoms with Gasteiger partial charge in [-0.1, -0.05) is 35.3 Å². The van der Waals surface area contributed by atoms with Gasteiger partial charge in [0.05, 0.1) is 47.8 Å². The van der Waals surface area contributed by atoms with Gasteiger partial charge in [-0.2, -0.15) is 52.7 Å². The molecule has 6 heterocycles. The third-order valence-electron chi connectivity index (χ3n) is 13.9. The molecule has 410 valence electrons. The highest BCUT2D eigenvalue weighted by molar-refractivity contribution is 6.33. The molecule has 0 atom stereocenters. The Hall–Kier alpha value is -4.17. The predicted octanol–water partition coefficient (Wildman–Crippen LogP) is 9.78. The highest BCUT2D eigenvalue weighted by atomic mass is 35.5. The molecule has 8 rings (SSSR count). The molecular formula is C46H56Cl2F12N6O7. The molecule has 6 fully saturated rings. The van der Waals surface area contributed by atoms with E-state index in [1.807, 2.05) is 18.2 Å². The fraction of sp³-hybridized carbons (Fsp3) is 0.674. The van der Waals surface area contributed by atoms with Crippen molar-refractivity contribution in [3.05, 3.63) is 57.6 Å². The number of nitrogens with zero attached hydrogens (tertiary/aromatic N) is 5. The first-order valence-corrected chi connectivity index (χ1v) is 24.3. The van der Waals surface area contributed by atoms with Crippen molar-refractivity contribution < 1.29 is 86.0 Å². The second-order valence-corrected chi connectivity index (χ2v) is 19.7. The number of carbonyl (C=O) groups excluding carboxylic acids is 3. The topological polar surface area (TPSA) is 116 Å². The third-order valence-corrected chi connectivity index (χ3v) is 14.5. The van der Waals surface area contributed by atoms with Crippen molar-refractivity contribution in [3.63, 3.8) is 0 Å². The van der Waals surface area contributed by atoms with E-state index >= 15 is 0 Å². The first-order valence-electron chi connectivity index (χ1n) is 23.5. The average Bonchev–Trinajstić information content (AvgIpc) is 3.96.